The molecule has 0 aliphatic carbocycles. The normalized spacial score (nSPS) is 24.7. The number of hydrogen-bond donors (Lipinski definition) is 1. The van der Waals surface area contributed by atoms with Crippen LogP contribution in [0, 0.1) is 23.0 Å². The van der Waals surface area contributed by atoms with E-state index < -0.39 is 23.3 Å². The maximum Gasteiger partial charge on any atom is 0.319 e. The molecule has 0 saturated carbocycles. The molecule has 4 aliphatic rings. The number of aromatic nitrogens is 2. The molecule has 9 nitrogen and oxygen atoms in total. The van der Waals surface area contributed by atoms with E-state index in [4.69, 9.17) is 36.5 Å². The van der Waals surface area contributed by atoms with E-state index in [1.807, 2.05) is 11.0 Å². The van der Waals surface area contributed by atoms with E-state index in [1.54, 1.807) is 0 Å². The molecule has 4 aromatic rings. The number of anilines is 2. The summed E-state index contributed by atoms with van der Waals surface area (Å²) in [7, 11) is 0. The first kappa shape index (κ1) is 27.9. The predicted octanol–water partition coefficient (Wildman–Crippen LogP) is 5.45. The van der Waals surface area contributed by atoms with Crippen LogP contribution >= 0.6 is 22.9 Å². The molecule has 44 heavy (non-hydrogen) atoms. The Labute approximate surface area is 258 Å². The van der Waals surface area contributed by atoms with Crippen molar-refractivity contribution in [1.82, 2.24) is 14.9 Å². The summed E-state index contributed by atoms with van der Waals surface area (Å²) in [5.74, 6) is -0.821. The van der Waals surface area contributed by atoms with Crippen LogP contribution in [0.5, 0.6) is 11.8 Å². The molecule has 228 valence electrons. The van der Waals surface area contributed by atoms with E-state index in [0.717, 1.165) is 30.7 Å². The molecular formula is C30H26ClF3N6O3S. The molecule has 2 aromatic heterocycles. The van der Waals surface area contributed by atoms with Gasteiger partial charge >= 0.3 is 6.01 Å². The number of nitrogens with zero attached hydrogens (tertiary/aromatic N) is 5. The van der Waals surface area contributed by atoms with Gasteiger partial charge in [0.25, 0.3) is 0 Å². The zero-order valence-electron chi connectivity index (χ0n) is 23.3. The van der Waals surface area contributed by atoms with Crippen LogP contribution in [0.2, 0.25) is 5.02 Å². The minimum absolute atomic E-state index is 0.0339. The quantitative estimate of drug-likeness (QED) is 0.311. The molecule has 14 heteroatoms. The van der Waals surface area contributed by atoms with Gasteiger partial charge in [0.2, 0.25) is 0 Å². The summed E-state index contributed by atoms with van der Waals surface area (Å²) < 4.78 is 64.5. The second kappa shape index (κ2) is 10.2. The van der Waals surface area contributed by atoms with Crippen molar-refractivity contribution in [2.24, 2.45) is 0 Å². The number of rotatable bonds is 4. The summed E-state index contributed by atoms with van der Waals surface area (Å²) in [4.78, 5) is 13.4. The standard InChI is InChI=1S/C30H26ClF3N6O3S/c31-22-20(16-2-3-18(33)26-19(16)17(9-35)27(36)44-26)23(34)24-21-25(22)42-12-15-11-41-7-6-40(15)28(21)38-29(37-24)43-13-30-4-1-5-39(30)10-14(32)8-30/h2-3,14-15H,1,4-8,10-13,36H2/t14-,15?,30+/m1/s1. The summed E-state index contributed by atoms with van der Waals surface area (Å²) in [6.45, 7) is 2.76. The van der Waals surface area contributed by atoms with E-state index in [2.05, 4.69) is 9.88 Å². The number of morpholine rings is 1. The first-order valence-corrected chi connectivity index (χ1v) is 15.6. The van der Waals surface area contributed by atoms with Crippen molar-refractivity contribution in [2.75, 3.05) is 56.7 Å². The number of alkyl halides is 1. The van der Waals surface area contributed by atoms with E-state index >= 15 is 4.39 Å². The highest BCUT2D eigenvalue weighted by atomic mass is 35.5. The Balaban J connectivity index is 1.34. The zero-order chi connectivity index (χ0) is 30.3. The molecule has 0 bridgehead atoms. The summed E-state index contributed by atoms with van der Waals surface area (Å²) in [6.07, 6.45) is 1.15. The highest BCUT2D eigenvalue weighted by Crippen LogP contribution is 2.51. The lowest BCUT2D eigenvalue weighted by Crippen LogP contribution is -2.48. The highest BCUT2D eigenvalue weighted by Gasteiger charge is 2.49. The fourth-order valence-electron chi connectivity index (χ4n) is 7.29. The van der Waals surface area contributed by atoms with Crippen LogP contribution in [0.4, 0.5) is 24.0 Å². The molecule has 8 rings (SSSR count). The molecule has 0 amide bonds. The number of benzene rings is 2. The van der Waals surface area contributed by atoms with Gasteiger partial charge in [-0.15, -0.1) is 11.3 Å². The van der Waals surface area contributed by atoms with Crippen LogP contribution in [0.15, 0.2) is 12.1 Å². The Bertz CT molecular complexity index is 1900. The molecule has 2 aromatic carbocycles. The molecule has 6 heterocycles. The van der Waals surface area contributed by atoms with Crippen molar-refractivity contribution in [3.63, 3.8) is 0 Å². The van der Waals surface area contributed by atoms with Gasteiger partial charge in [-0.05, 0) is 31.0 Å². The van der Waals surface area contributed by atoms with Gasteiger partial charge in [0, 0.05) is 30.5 Å². The van der Waals surface area contributed by atoms with Crippen molar-refractivity contribution >= 4 is 54.7 Å². The molecule has 0 spiro atoms. The largest absolute Gasteiger partial charge is 0.489 e. The first-order valence-electron chi connectivity index (χ1n) is 14.4. The highest BCUT2D eigenvalue weighted by molar-refractivity contribution is 7.23. The van der Waals surface area contributed by atoms with Gasteiger partial charge in [0.05, 0.1) is 45.5 Å². The Hall–Kier alpha value is -3.57. The lowest BCUT2D eigenvalue weighted by Gasteiger charge is -2.35. The molecule has 3 saturated heterocycles. The second-order valence-electron chi connectivity index (χ2n) is 11.7. The minimum Gasteiger partial charge on any atom is -0.489 e. The van der Waals surface area contributed by atoms with E-state index in [1.165, 1.54) is 12.1 Å². The van der Waals surface area contributed by atoms with Gasteiger partial charge in [0.15, 0.2) is 11.6 Å². The Morgan fingerprint density at radius 2 is 2.09 bits per heavy atom. The maximum atomic E-state index is 17.0. The number of thiophene rings is 1. The number of ether oxygens (including phenoxy) is 3. The van der Waals surface area contributed by atoms with Crippen LogP contribution in [-0.2, 0) is 4.74 Å². The van der Waals surface area contributed by atoms with Gasteiger partial charge in [-0.25, -0.2) is 13.2 Å². The summed E-state index contributed by atoms with van der Waals surface area (Å²) in [5, 5.41) is 10.4. The summed E-state index contributed by atoms with van der Waals surface area (Å²) in [5.41, 5.74) is 5.63. The molecule has 3 fully saturated rings. The Morgan fingerprint density at radius 1 is 1.23 bits per heavy atom. The fourth-order valence-corrected chi connectivity index (χ4v) is 8.57. The molecule has 1 unspecified atom stereocenters. The zero-order valence-corrected chi connectivity index (χ0v) is 24.9. The smallest absolute Gasteiger partial charge is 0.319 e. The summed E-state index contributed by atoms with van der Waals surface area (Å²) >= 11 is 7.87. The van der Waals surface area contributed by atoms with Crippen LogP contribution < -0.4 is 20.1 Å². The second-order valence-corrected chi connectivity index (χ2v) is 13.2. The third-order valence-corrected chi connectivity index (χ3v) is 10.7. The van der Waals surface area contributed by atoms with Gasteiger partial charge < -0.3 is 24.8 Å². The van der Waals surface area contributed by atoms with E-state index in [0.29, 0.717) is 38.5 Å². The topological polar surface area (TPSA) is 110 Å². The lowest BCUT2D eigenvalue weighted by molar-refractivity contribution is 0.0780. The van der Waals surface area contributed by atoms with Crippen molar-refractivity contribution in [3.05, 3.63) is 34.4 Å². The first-order chi connectivity index (χ1) is 21.3. The van der Waals surface area contributed by atoms with Crippen LogP contribution in [0.25, 0.3) is 32.1 Å². The molecule has 2 N–H and O–H groups in total. The third-order valence-electron chi connectivity index (χ3n) is 9.29. The number of nitriles is 1. The monoisotopic (exact) mass is 642 g/mol. The average Bonchev–Trinajstić information content (AvgIpc) is 3.62. The number of nitrogens with two attached hydrogens (primary N) is 1. The Morgan fingerprint density at radius 3 is 2.93 bits per heavy atom. The molecule has 0 radical (unpaired) electrons. The van der Waals surface area contributed by atoms with Crippen molar-refractivity contribution in [3.8, 4) is 29.0 Å². The van der Waals surface area contributed by atoms with E-state index in [9.17, 15) is 14.0 Å². The van der Waals surface area contributed by atoms with Crippen molar-refractivity contribution in [2.45, 2.75) is 37.0 Å². The van der Waals surface area contributed by atoms with Crippen LogP contribution in [0.3, 0.4) is 0 Å². The summed E-state index contributed by atoms with van der Waals surface area (Å²) in [6, 6.07) is 4.30. The van der Waals surface area contributed by atoms with Crippen molar-refractivity contribution < 1.29 is 27.4 Å². The molecule has 3 atom stereocenters. The van der Waals surface area contributed by atoms with Gasteiger partial charge in [0.1, 0.15) is 47.6 Å². The third kappa shape index (κ3) is 4.04. The van der Waals surface area contributed by atoms with E-state index in [-0.39, 0.29) is 78.7 Å². The number of fused-ring (bicyclic) bond motifs is 4. The minimum atomic E-state index is -0.936. The number of hydrogen-bond acceptors (Lipinski definition) is 10. The lowest BCUT2D eigenvalue weighted by atomic mass is 9.95. The fraction of sp³-hybridized carbons (Fsp3) is 0.433. The Kier molecular flexibility index (Phi) is 6.50. The van der Waals surface area contributed by atoms with Crippen molar-refractivity contribution in [1.29, 1.82) is 5.26 Å². The molecular weight excluding hydrogens is 617 g/mol. The van der Waals surface area contributed by atoms with Crippen LogP contribution in [0.1, 0.15) is 24.8 Å². The number of nitrogen functional groups attached to an aromatic ring is 1. The average molecular weight is 643 g/mol. The van der Waals surface area contributed by atoms with Gasteiger partial charge in [-0.3, -0.25) is 4.90 Å². The van der Waals surface area contributed by atoms with Gasteiger partial charge in [-0.1, -0.05) is 17.7 Å². The molecule has 4 aliphatic heterocycles. The maximum absolute atomic E-state index is 17.0. The SMILES string of the molecule is N#Cc1c(N)sc2c(F)ccc(-c3c(Cl)c4c5c(nc(OC[C@@]67CCCN6C[C@H](F)C7)nc5c3F)N3CCOCC3CO4)c12. The predicted molar refractivity (Wildman–Crippen MR) is 160 cm³/mol. The van der Waals surface area contributed by atoms with Gasteiger partial charge in [-0.2, -0.15) is 15.2 Å². The van der Waals surface area contributed by atoms with Crippen LogP contribution in [-0.4, -0.2) is 78.7 Å². The number of halogens is 4.